The van der Waals surface area contributed by atoms with Gasteiger partial charge in [-0.25, -0.2) is 9.78 Å². The summed E-state index contributed by atoms with van der Waals surface area (Å²) in [7, 11) is 1.34. The lowest BCUT2D eigenvalue weighted by Crippen LogP contribution is -2.50. The molecule has 18 heavy (non-hydrogen) atoms. The number of carboxylic acid groups (broad SMARTS) is 1. The van der Waals surface area contributed by atoms with Gasteiger partial charge in [0.25, 0.3) is 5.56 Å². The fourth-order valence-corrected chi connectivity index (χ4v) is 1.83. The summed E-state index contributed by atoms with van der Waals surface area (Å²) in [5.41, 5.74) is -0.446. The molecule has 2 rings (SSSR count). The number of aliphatic carboxylic acids is 1. The highest BCUT2D eigenvalue weighted by Gasteiger charge is 2.32. The number of carbonyl (C=O) groups is 1. The summed E-state index contributed by atoms with van der Waals surface area (Å²) < 4.78 is 10.1. The van der Waals surface area contributed by atoms with Crippen LogP contribution < -0.4 is 15.2 Å². The van der Waals surface area contributed by atoms with Crippen molar-refractivity contribution in [3.63, 3.8) is 0 Å². The number of methoxy groups -OCH3 is 1. The average Bonchev–Trinajstić information content (AvgIpc) is 2.38. The van der Waals surface area contributed by atoms with Crippen molar-refractivity contribution >= 4 is 11.8 Å². The molecule has 0 amide bonds. The van der Waals surface area contributed by atoms with Crippen molar-refractivity contribution in [3.8, 4) is 5.75 Å². The highest BCUT2D eigenvalue weighted by Crippen LogP contribution is 2.24. The molecule has 2 N–H and O–H groups in total. The lowest BCUT2D eigenvalue weighted by molar-refractivity contribution is -0.141. The van der Waals surface area contributed by atoms with Gasteiger partial charge in [0.05, 0.1) is 26.7 Å². The first-order valence-electron chi connectivity index (χ1n) is 5.34. The molecule has 0 aliphatic carbocycles. The second-order valence-corrected chi connectivity index (χ2v) is 3.71. The van der Waals surface area contributed by atoms with Gasteiger partial charge in [-0.05, 0) is 0 Å². The fraction of sp³-hybridized carbons (Fsp3) is 0.500. The van der Waals surface area contributed by atoms with Crippen LogP contribution in [0.4, 0.5) is 5.82 Å². The minimum absolute atomic E-state index is 0.00523. The number of aromatic amines is 1. The molecule has 1 unspecified atom stereocenters. The first kappa shape index (κ1) is 12.4. The molecule has 0 aromatic carbocycles. The molecule has 98 valence electrons. The largest absolute Gasteiger partial charge is 0.489 e. The van der Waals surface area contributed by atoms with E-state index < -0.39 is 17.6 Å². The van der Waals surface area contributed by atoms with E-state index in [1.54, 1.807) is 0 Å². The van der Waals surface area contributed by atoms with Crippen LogP contribution in [0.25, 0.3) is 0 Å². The third kappa shape index (κ3) is 2.14. The molecule has 1 atom stereocenters. The van der Waals surface area contributed by atoms with E-state index in [1.807, 2.05) is 0 Å². The number of anilines is 1. The van der Waals surface area contributed by atoms with Gasteiger partial charge in [0, 0.05) is 6.54 Å². The second kappa shape index (κ2) is 5.05. The van der Waals surface area contributed by atoms with E-state index in [1.165, 1.54) is 18.3 Å². The standard InChI is InChI=1S/C10H13N3O5/c1-17-7-8(11-5-12-9(7)14)13-2-3-18-4-6(13)10(15)16/h5-6H,2-4H2,1H3,(H,15,16)(H,11,12,14). The van der Waals surface area contributed by atoms with E-state index in [9.17, 15) is 9.59 Å². The lowest BCUT2D eigenvalue weighted by Gasteiger charge is -2.33. The van der Waals surface area contributed by atoms with Gasteiger partial charge in [0.1, 0.15) is 0 Å². The Morgan fingerprint density at radius 2 is 2.50 bits per heavy atom. The van der Waals surface area contributed by atoms with Crippen molar-refractivity contribution in [3.05, 3.63) is 16.7 Å². The Morgan fingerprint density at radius 1 is 1.72 bits per heavy atom. The fourth-order valence-electron chi connectivity index (χ4n) is 1.83. The first-order valence-corrected chi connectivity index (χ1v) is 5.34. The molecule has 2 heterocycles. The third-order valence-corrected chi connectivity index (χ3v) is 2.68. The van der Waals surface area contributed by atoms with Crippen molar-refractivity contribution < 1.29 is 19.4 Å². The number of H-pyrrole nitrogens is 1. The highest BCUT2D eigenvalue weighted by molar-refractivity contribution is 5.78. The molecule has 0 saturated carbocycles. The maximum atomic E-state index is 11.6. The minimum atomic E-state index is -1.03. The normalized spacial score (nSPS) is 19.6. The van der Waals surface area contributed by atoms with Crippen LogP contribution in [0.2, 0.25) is 0 Å². The van der Waals surface area contributed by atoms with Gasteiger partial charge in [-0.2, -0.15) is 0 Å². The second-order valence-electron chi connectivity index (χ2n) is 3.71. The third-order valence-electron chi connectivity index (χ3n) is 2.68. The molecule has 1 saturated heterocycles. The van der Waals surface area contributed by atoms with Gasteiger partial charge in [-0.1, -0.05) is 0 Å². The van der Waals surface area contributed by atoms with E-state index >= 15 is 0 Å². The van der Waals surface area contributed by atoms with Crippen LogP contribution in [0, 0.1) is 0 Å². The topological polar surface area (TPSA) is 105 Å². The molecule has 1 aromatic heterocycles. The number of aromatic nitrogens is 2. The van der Waals surface area contributed by atoms with Crippen LogP contribution in [0.3, 0.4) is 0 Å². The van der Waals surface area contributed by atoms with Crippen LogP contribution >= 0.6 is 0 Å². The van der Waals surface area contributed by atoms with Crippen molar-refractivity contribution in [2.45, 2.75) is 6.04 Å². The van der Waals surface area contributed by atoms with E-state index in [4.69, 9.17) is 14.6 Å². The van der Waals surface area contributed by atoms with E-state index in [-0.39, 0.29) is 18.2 Å². The number of hydrogen-bond acceptors (Lipinski definition) is 6. The molecule has 1 fully saturated rings. The van der Waals surface area contributed by atoms with Crippen molar-refractivity contribution in [1.29, 1.82) is 0 Å². The SMILES string of the molecule is COc1c(N2CCOCC2C(=O)O)nc[nH]c1=O. The Labute approximate surface area is 102 Å². The Bertz CT molecular complexity index is 501. The molecule has 8 heteroatoms. The first-order chi connectivity index (χ1) is 8.65. The van der Waals surface area contributed by atoms with E-state index in [2.05, 4.69) is 9.97 Å². The van der Waals surface area contributed by atoms with Crippen LogP contribution in [0.15, 0.2) is 11.1 Å². The van der Waals surface area contributed by atoms with Crippen molar-refractivity contribution in [1.82, 2.24) is 9.97 Å². The molecular weight excluding hydrogens is 242 g/mol. The predicted octanol–water partition coefficient (Wildman–Crippen LogP) is -0.932. The number of ether oxygens (including phenoxy) is 2. The summed E-state index contributed by atoms with van der Waals surface area (Å²) in [4.78, 5) is 30.6. The number of hydrogen-bond donors (Lipinski definition) is 2. The van der Waals surface area contributed by atoms with Crippen LogP contribution in [0.1, 0.15) is 0 Å². The monoisotopic (exact) mass is 255 g/mol. The van der Waals surface area contributed by atoms with E-state index in [0.29, 0.717) is 13.2 Å². The van der Waals surface area contributed by atoms with Crippen LogP contribution in [0.5, 0.6) is 5.75 Å². The summed E-state index contributed by atoms with van der Waals surface area (Å²) in [6, 6.07) is -0.873. The molecule has 0 radical (unpaired) electrons. The maximum Gasteiger partial charge on any atom is 0.328 e. The molecule has 1 aliphatic rings. The summed E-state index contributed by atoms with van der Waals surface area (Å²) in [6.45, 7) is 0.762. The zero-order valence-corrected chi connectivity index (χ0v) is 9.75. The smallest absolute Gasteiger partial charge is 0.328 e. The molecular formula is C10H13N3O5. The Balaban J connectivity index is 2.42. The number of morpholine rings is 1. The van der Waals surface area contributed by atoms with Gasteiger partial charge in [-0.3, -0.25) is 4.79 Å². The van der Waals surface area contributed by atoms with Crippen LogP contribution in [-0.4, -0.2) is 54.0 Å². The summed E-state index contributed by atoms with van der Waals surface area (Å²) >= 11 is 0. The zero-order valence-electron chi connectivity index (χ0n) is 9.75. The van der Waals surface area contributed by atoms with Gasteiger partial charge in [0.2, 0.25) is 5.75 Å². The Hall–Kier alpha value is -2.09. The predicted molar refractivity (Wildman–Crippen MR) is 61.0 cm³/mol. The minimum Gasteiger partial charge on any atom is -0.489 e. The Morgan fingerprint density at radius 3 is 3.17 bits per heavy atom. The van der Waals surface area contributed by atoms with Gasteiger partial charge >= 0.3 is 5.97 Å². The van der Waals surface area contributed by atoms with E-state index in [0.717, 1.165) is 0 Å². The number of carboxylic acids is 1. The van der Waals surface area contributed by atoms with Gasteiger partial charge in [-0.15, -0.1) is 0 Å². The summed E-state index contributed by atoms with van der Waals surface area (Å²) in [6.07, 6.45) is 1.22. The Kier molecular flexibility index (Phi) is 3.47. The molecule has 0 bridgehead atoms. The summed E-state index contributed by atoms with van der Waals surface area (Å²) in [5.74, 6) is -0.804. The van der Waals surface area contributed by atoms with Crippen molar-refractivity contribution in [2.24, 2.45) is 0 Å². The zero-order chi connectivity index (χ0) is 13.1. The average molecular weight is 255 g/mol. The van der Waals surface area contributed by atoms with Gasteiger partial charge < -0.3 is 24.5 Å². The molecule has 1 aromatic rings. The number of rotatable bonds is 3. The quantitative estimate of drug-likeness (QED) is 0.718. The summed E-state index contributed by atoms with van der Waals surface area (Å²) in [5, 5.41) is 9.13. The molecule has 1 aliphatic heterocycles. The lowest BCUT2D eigenvalue weighted by atomic mass is 10.2. The van der Waals surface area contributed by atoms with Crippen LogP contribution in [-0.2, 0) is 9.53 Å². The molecule has 8 nitrogen and oxygen atoms in total. The highest BCUT2D eigenvalue weighted by atomic mass is 16.5. The molecule has 0 spiro atoms. The van der Waals surface area contributed by atoms with Crippen molar-refractivity contribution in [2.75, 3.05) is 31.8 Å². The number of nitrogens with one attached hydrogen (secondary N) is 1. The number of nitrogens with zero attached hydrogens (tertiary/aromatic N) is 2. The van der Waals surface area contributed by atoms with Gasteiger partial charge in [0.15, 0.2) is 11.9 Å². The maximum absolute atomic E-state index is 11.6.